The average Bonchev–Trinajstić information content (AvgIpc) is 3.13. The first-order valence-electron chi connectivity index (χ1n) is 9.33. The minimum atomic E-state index is -0.921. The van der Waals surface area contributed by atoms with Crippen molar-refractivity contribution in [2.24, 2.45) is 0 Å². The van der Waals surface area contributed by atoms with Gasteiger partial charge in [-0.25, -0.2) is 9.59 Å². The second-order valence-corrected chi connectivity index (χ2v) is 8.83. The van der Waals surface area contributed by atoms with E-state index in [9.17, 15) is 14.4 Å². The minimum absolute atomic E-state index is 0.0994. The SMILES string of the molecule is COC(=O)C1CSC(CC(NC(=O)OC(C)(C)C)C(=O)OCc2ccccc2)N1. The van der Waals surface area contributed by atoms with Crippen LogP contribution in [0.3, 0.4) is 0 Å². The summed E-state index contributed by atoms with van der Waals surface area (Å²) < 4.78 is 15.4. The normalized spacial score (nSPS) is 19.9. The topological polar surface area (TPSA) is 103 Å². The Kier molecular flexibility index (Phi) is 8.33. The fourth-order valence-electron chi connectivity index (χ4n) is 2.65. The predicted octanol–water partition coefficient (Wildman–Crippen LogP) is 2.22. The summed E-state index contributed by atoms with van der Waals surface area (Å²) in [7, 11) is 1.33. The first-order valence-corrected chi connectivity index (χ1v) is 10.4. The Bertz CT molecular complexity index is 707. The Balaban J connectivity index is 1.99. The molecule has 0 aromatic heterocycles. The molecule has 1 fully saturated rings. The summed E-state index contributed by atoms with van der Waals surface area (Å²) in [6.07, 6.45) is -0.461. The van der Waals surface area contributed by atoms with Gasteiger partial charge in [-0.2, -0.15) is 0 Å². The number of benzene rings is 1. The molecule has 8 nitrogen and oxygen atoms in total. The van der Waals surface area contributed by atoms with Gasteiger partial charge in [-0.1, -0.05) is 30.3 Å². The summed E-state index contributed by atoms with van der Waals surface area (Å²) >= 11 is 1.48. The summed E-state index contributed by atoms with van der Waals surface area (Å²) in [5.74, 6) is -0.401. The van der Waals surface area contributed by atoms with Crippen molar-refractivity contribution < 1.29 is 28.6 Å². The van der Waals surface area contributed by atoms with Gasteiger partial charge < -0.3 is 19.5 Å². The van der Waals surface area contributed by atoms with Crippen LogP contribution in [0, 0.1) is 0 Å². The molecule has 1 aromatic rings. The lowest BCUT2D eigenvalue weighted by atomic mass is 10.2. The van der Waals surface area contributed by atoms with E-state index in [1.807, 2.05) is 30.3 Å². The number of amides is 1. The molecule has 1 saturated heterocycles. The van der Waals surface area contributed by atoms with Crippen LogP contribution in [-0.4, -0.2) is 54.0 Å². The molecule has 0 bridgehead atoms. The molecule has 2 N–H and O–H groups in total. The molecule has 3 unspecified atom stereocenters. The number of hydrogen-bond donors (Lipinski definition) is 2. The standard InChI is InChI=1S/C20H28N2O6S/c1-20(2,3)28-19(25)22-14(10-16-21-15(12-29-16)17(23)26-4)18(24)27-11-13-8-6-5-7-9-13/h5-9,14-16,21H,10-12H2,1-4H3,(H,22,25). The molecule has 0 radical (unpaired) electrons. The molecule has 2 rings (SSSR count). The summed E-state index contributed by atoms with van der Waals surface area (Å²) in [5, 5.41) is 5.48. The largest absolute Gasteiger partial charge is 0.468 e. The van der Waals surface area contributed by atoms with E-state index in [0.29, 0.717) is 5.75 Å². The minimum Gasteiger partial charge on any atom is -0.468 e. The van der Waals surface area contributed by atoms with E-state index < -0.39 is 29.7 Å². The van der Waals surface area contributed by atoms with Crippen molar-refractivity contribution in [3.05, 3.63) is 35.9 Å². The third kappa shape index (κ3) is 7.94. The number of thioether (sulfide) groups is 1. The van der Waals surface area contributed by atoms with E-state index in [1.165, 1.54) is 18.9 Å². The molecule has 0 spiro atoms. The third-order valence-corrected chi connectivity index (χ3v) is 5.24. The van der Waals surface area contributed by atoms with E-state index in [1.54, 1.807) is 20.8 Å². The van der Waals surface area contributed by atoms with Gasteiger partial charge in [0.2, 0.25) is 0 Å². The van der Waals surface area contributed by atoms with Gasteiger partial charge in [0.25, 0.3) is 0 Å². The number of hydrogen-bond acceptors (Lipinski definition) is 8. The molecule has 1 aliphatic rings. The zero-order chi connectivity index (χ0) is 21.4. The van der Waals surface area contributed by atoms with E-state index in [4.69, 9.17) is 14.2 Å². The molecule has 0 aliphatic carbocycles. The number of esters is 2. The molecule has 29 heavy (non-hydrogen) atoms. The Morgan fingerprint density at radius 2 is 1.93 bits per heavy atom. The highest BCUT2D eigenvalue weighted by molar-refractivity contribution is 8.00. The monoisotopic (exact) mass is 424 g/mol. The van der Waals surface area contributed by atoms with Crippen molar-refractivity contribution in [3.63, 3.8) is 0 Å². The van der Waals surface area contributed by atoms with E-state index in [-0.39, 0.29) is 24.4 Å². The fraction of sp³-hybridized carbons (Fsp3) is 0.550. The molecule has 1 aliphatic heterocycles. The Morgan fingerprint density at radius 1 is 1.24 bits per heavy atom. The van der Waals surface area contributed by atoms with E-state index in [2.05, 4.69) is 10.6 Å². The molecule has 3 atom stereocenters. The summed E-state index contributed by atoms with van der Waals surface area (Å²) in [6, 6.07) is 7.90. The van der Waals surface area contributed by atoms with Crippen molar-refractivity contribution >= 4 is 29.8 Å². The van der Waals surface area contributed by atoms with Crippen LogP contribution in [-0.2, 0) is 30.4 Å². The fourth-order valence-corrected chi connectivity index (χ4v) is 3.90. The van der Waals surface area contributed by atoms with Crippen LogP contribution in [0.4, 0.5) is 4.79 Å². The van der Waals surface area contributed by atoms with Crippen molar-refractivity contribution in [2.45, 2.75) is 56.9 Å². The van der Waals surface area contributed by atoms with Crippen LogP contribution in [0.2, 0.25) is 0 Å². The van der Waals surface area contributed by atoms with Crippen LogP contribution >= 0.6 is 11.8 Å². The van der Waals surface area contributed by atoms with Crippen molar-refractivity contribution in [3.8, 4) is 0 Å². The molecule has 1 aromatic carbocycles. The zero-order valence-electron chi connectivity index (χ0n) is 17.1. The van der Waals surface area contributed by atoms with Gasteiger partial charge in [-0.3, -0.25) is 10.1 Å². The van der Waals surface area contributed by atoms with Crippen molar-refractivity contribution in [2.75, 3.05) is 12.9 Å². The second-order valence-electron chi connectivity index (χ2n) is 7.59. The number of methoxy groups -OCH3 is 1. The number of carbonyl (C=O) groups excluding carboxylic acids is 3. The smallest absolute Gasteiger partial charge is 0.408 e. The van der Waals surface area contributed by atoms with Crippen molar-refractivity contribution in [1.29, 1.82) is 0 Å². The van der Waals surface area contributed by atoms with Gasteiger partial charge in [-0.05, 0) is 26.3 Å². The number of rotatable bonds is 7. The predicted molar refractivity (Wildman–Crippen MR) is 109 cm³/mol. The molecule has 1 amide bonds. The van der Waals surface area contributed by atoms with Gasteiger partial charge in [-0.15, -0.1) is 11.8 Å². The summed E-state index contributed by atoms with van der Waals surface area (Å²) in [6.45, 7) is 5.32. The highest BCUT2D eigenvalue weighted by Crippen LogP contribution is 2.24. The van der Waals surface area contributed by atoms with Crippen LogP contribution in [0.15, 0.2) is 30.3 Å². The number of ether oxygens (including phenoxy) is 3. The quantitative estimate of drug-likeness (QED) is 0.507. The van der Waals surface area contributed by atoms with Crippen molar-refractivity contribution in [1.82, 2.24) is 10.6 Å². The van der Waals surface area contributed by atoms with Gasteiger partial charge in [0.15, 0.2) is 0 Å². The lowest BCUT2D eigenvalue weighted by Gasteiger charge is -2.24. The Labute approximate surface area is 175 Å². The maximum atomic E-state index is 12.7. The Morgan fingerprint density at radius 3 is 2.55 bits per heavy atom. The maximum absolute atomic E-state index is 12.7. The zero-order valence-corrected chi connectivity index (χ0v) is 17.9. The first-order chi connectivity index (χ1) is 13.7. The molecule has 160 valence electrons. The summed E-state index contributed by atoms with van der Waals surface area (Å²) in [5.41, 5.74) is 0.148. The van der Waals surface area contributed by atoms with Gasteiger partial charge in [0.1, 0.15) is 24.3 Å². The highest BCUT2D eigenvalue weighted by Gasteiger charge is 2.35. The molecular weight excluding hydrogens is 396 g/mol. The van der Waals surface area contributed by atoms with E-state index >= 15 is 0 Å². The van der Waals surface area contributed by atoms with Crippen LogP contribution in [0.25, 0.3) is 0 Å². The van der Waals surface area contributed by atoms with Crippen LogP contribution in [0.1, 0.15) is 32.8 Å². The van der Waals surface area contributed by atoms with Gasteiger partial charge in [0.05, 0.1) is 12.5 Å². The highest BCUT2D eigenvalue weighted by atomic mass is 32.2. The summed E-state index contributed by atoms with van der Waals surface area (Å²) in [4.78, 5) is 36.5. The second kappa shape index (κ2) is 10.5. The molecule has 9 heteroatoms. The number of alkyl carbamates (subject to hydrolysis) is 1. The average molecular weight is 425 g/mol. The van der Waals surface area contributed by atoms with Crippen LogP contribution in [0.5, 0.6) is 0 Å². The Hall–Kier alpha value is -2.26. The van der Waals surface area contributed by atoms with Crippen LogP contribution < -0.4 is 10.6 Å². The number of carbonyl (C=O) groups is 3. The molecule has 1 heterocycles. The lowest BCUT2D eigenvalue weighted by Crippen LogP contribution is -2.47. The van der Waals surface area contributed by atoms with E-state index in [0.717, 1.165) is 5.56 Å². The third-order valence-electron chi connectivity index (χ3n) is 3.99. The molecule has 0 saturated carbocycles. The lowest BCUT2D eigenvalue weighted by molar-refractivity contribution is -0.147. The number of nitrogens with one attached hydrogen (secondary N) is 2. The maximum Gasteiger partial charge on any atom is 0.408 e. The molecular formula is C20H28N2O6S. The van der Waals surface area contributed by atoms with Gasteiger partial charge >= 0.3 is 18.0 Å². The first kappa shape index (κ1) is 23.0. The van der Waals surface area contributed by atoms with Gasteiger partial charge in [0, 0.05) is 12.2 Å².